The Morgan fingerprint density at radius 1 is 1.34 bits per heavy atom. The third-order valence-corrected chi connectivity index (χ3v) is 6.56. The van der Waals surface area contributed by atoms with Crippen LogP contribution in [0.4, 0.5) is 0 Å². The Kier molecular flexibility index (Phi) is 6.96. The number of hydrogen-bond donors (Lipinski definition) is 1. The number of hydrogen-bond acceptors (Lipinski definition) is 6. The number of aliphatic hydroxyl groups is 1. The zero-order valence-corrected chi connectivity index (χ0v) is 19.7. The van der Waals surface area contributed by atoms with Crippen molar-refractivity contribution in [2.24, 2.45) is 17.8 Å². The number of carbonyl (C=O) groups is 3. The first-order valence-electron chi connectivity index (χ1n) is 10.8. The molecule has 3 aliphatic rings. The van der Waals surface area contributed by atoms with Crippen LogP contribution in [-0.2, 0) is 23.9 Å². The van der Waals surface area contributed by atoms with Crippen molar-refractivity contribution in [3.05, 3.63) is 58.1 Å². The van der Waals surface area contributed by atoms with Gasteiger partial charge in [0, 0.05) is 17.6 Å². The fourth-order valence-corrected chi connectivity index (χ4v) is 4.69. The van der Waals surface area contributed by atoms with Gasteiger partial charge in [-0.25, -0.2) is 0 Å². The molecule has 172 valence electrons. The maximum atomic E-state index is 13.1. The van der Waals surface area contributed by atoms with Gasteiger partial charge < -0.3 is 14.6 Å². The minimum atomic E-state index is -1.59. The van der Waals surface area contributed by atoms with Gasteiger partial charge in [-0.05, 0) is 38.8 Å². The van der Waals surface area contributed by atoms with Gasteiger partial charge in [-0.3, -0.25) is 14.4 Å². The highest BCUT2D eigenvalue weighted by atomic mass is 35.5. The lowest BCUT2D eigenvalue weighted by Gasteiger charge is -2.36. The van der Waals surface area contributed by atoms with Crippen LogP contribution in [0.1, 0.15) is 47.5 Å². The van der Waals surface area contributed by atoms with Crippen LogP contribution in [0.25, 0.3) is 0 Å². The van der Waals surface area contributed by atoms with Crippen LogP contribution in [0.3, 0.4) is 0 Å². The first-order chi connectivity index (χ1) is 15.0. The Labute approximate surface area is 193 Å². The highest BCUT2D eigenvalue weighted by molar-refractivity contribution is 6.45. The van der Waals surface area contributed by atoms with E-state index in [-0.39, 0.29) is 11.5 Å². The Morgan fingerprint density at radius 3 is 2.66 bits per heavy atom. The SMILES string of the molecule is CC[C@H](C)/C=C(C)/C=C/C1=CC2=C(Cl)C(=O)[C@]3(C)OC(=O)[C@@H](C(=O)C[C@H](C)O)[C@@H]3C2=CO1. The number of halogens is 1. The Morgan fingerprint density at radius 2 is 2.03 bits per heavy atom. The topological polar surface area (TPSA) is 89.9 Å². The molecule has 6 nitrogen and oxygen atoms in total. The van der Waals surface area contributed by atoms with E-state index in [1.54, 1.807) is 12.2 Å². The van der Waals surface area contributed by atoms with E-state index >= 15 is 0 Å². The van der Waals surface area contributed by atoms with Crippen molar-refractivity contribution in [3.8, 4) is 0 Å². The lowest BCUT2D eigenvalue weighted by atomic mass is 9.67. The number of ether oxygens (including phenoxy) is 2. The molecular weight excluding hydrogens is 432 g/mol. The standard InChI is InChI=1S/C25H29ClO6/c1-6-13(2)9-14(3)7-8-16-11-17-18(12-31-16)21-20(19(28)10-15(4)27)24(30)32-25(21,5)23(29)22(17)26/h7-9,11-13,15,20-21,27H,6,10H2,1-5H3/b8-7+,14-9+/t13-,15-,20-,21-,25+/m0/s1. The summed E-state index contributed by atoms with van der Waals surface area (Å²) in [4.78, 5) is 38.5. The molecule has 2 aliphatic heterocycles. The molecule has 0 aromatic heterocycles. The van der Waals surface area contributed by atoms with Crippen molar-refractivity contribution in [1.29, 1.82) is 0 Å². The van der Waals surface area contributed by atoms with Gasteiger partial charge >= 0.3 is 5.97 Å². The van der Waals surface area contributed by atoms with Gasteiger partial charge in [0.2, 0.25) is 5.78 Å². The number of fused-ring (bicyclic) bond motifs is 3. The molecule has 3 rings (SSSR count). The van der Waals surface area contributed by atoms with Gasteiger partial charge in [0.05, 0.1) is 23.3 Å². The summed E-state index contributed by atoms with van der Waals surface area (Å²) in [6.07, 6.45) is 8.83. The Balaban J connectivity index is 1.97. The highest BCUT2D eigenvalue weighted by Gasteiger charge is 2.64. The first kappa shape index (κ1) is 24.2. The summed E-state index contributed by atoms with van der Waals surface area (Å²) in [5.41, 5.74) is 0.366. The van der Waals surface area contributed by atoms with Crippen LogP contribution >= 0.6 is 11.6 Å². The van der Waals surface area contributed by atoms with Crippen LogP contribution in [-0.4, -0.2) is 34.3 Å². The molecule has 0 amide bonds. The molecule has 1 aliphatic carbocycles. The molecule has 0 saturated carbocycles. The van der Waals surface area contributed by atoms with E-state index in [2.05, 4.69) is 19.9 Å². The van der Waals surface area contributed by atoms with Crippen molar-refractivity contribution in [2.75, 3.05) is 0 Å². The van der Waals surface area contributed by atoms with Crippen LogP contribution in [0.5, 0.6) is 0 Å². The summed E-state index contributed by atoms with van der Waals surface area (Å²) in [7, 11) is 0. The number of rotatable bonds is 7. The maximum Gasteiger partial charge on any atom is 0.318 e. The van der Waals surface area contributed by atoms with E-state index in [1.165, 1.54) is 20.1 Å². The van der Waals surface area contributed by atoms with Gasteiger partial charge in [0.1, 0.15) is 17.5 Å². The monoisotopic (exact) mass is 460 g/mol. The highest BCUT2D eigenvalue weighted by Crippen LogP contribution is 2.52. The first-order valence-corrected chi connectivity index (χ1v) is 11.2. The van der Waals surface area contributed by atoms with Gasteiger partial charge in [0.15, 0.2) is 5.60 Å². The van der Waals surface area contributed by atoms with Crippen LogP contribution in [0, 0.1) is 17.8 Å². The van der Waals surface area contributed by atoms with Crippen molar-refractivity contribution >= 4 is 29.1 Å². The number of allylic oxidation sites excluding steroid dienone is 6. The molecule has 0 bridgehead atoms. The normalized spacial score (nSPS) is 29.7. The summed E-state index contributed by atoms with van der Waals surface area (Å²) in [6.45, 7) is 9.19. The molecule has 5 atom stereocenters. The van der Waals surface area contributed by atoms with E-state index in [9.17, 15) is 19.5 Å². The summed E-state index contributed by atoms with van der Waals surface area (Å²) in [6, 6.07) is 0. The minimum Gasteiger partial charge on any atom is -0.465 e. The van der Waals surface area contributed by atoms with Crippen molar-refractivity contribution in [1.82, 2.24) is 0 Å². The fourth-order valence-electron chi connectivity index (χ4n) is 4.34. The molecule has 0 aromatic carbocycles. The summed E-state index contributed by atoms with van der Waals surface area (Å²) in [5, 5.41) is 9.57. The Bertz CT molecular complexity index is 996. The van der Waals surface area contributed by atoms with Gasteiger partial charge in [-0.2, -0.15) is 0 Å². The second kappa shape index (κ2) is 9.20. The number of carbonyl (C=O) groups excluding carboxylic acids is 3. The predicted molar refractivity (Wildman–Crippen MR) is 120 cm³/mol. The van der Waals surface area contributed by atoms with E-state index in [0.717, 1.165) is 12.0 Å². The minimum absolute atomic E-state index is 0.0625. The molecule has 0 unspecified atom stereocenters. The molecule has 1 N–H and O–H groups in total. The molecule has 1 saturated heterocycles. The van der Waals surface area contributed by atoms with E-state index in [1.807, 2.05) is 13.0 Å². The van der Waals surface area contributed by atoms with Crippen molar-refractivity contribution in [3.63, 3.8) is 0 Å². The molecule has 0 radical (unpaired) electrons. The third-order valence-electron chi connectivity index (χ3n) is 6.18. The van der Waals surface area contributed by atoms with Crippen LogP contribution < -0.4 is 0 Å². The molecule has 2 heterocycles. The Hall–Kier alpha value is -2.44. The van der Waals surface area contributed by atoms with E-state index < -0.39 is 41.1 Å². The second-order valence-corrected chi connectivity index (χ2v) is 9.30. The average molecular weight is 461 g/mol. The molecule has 0 spiro atoms. The zero-order chi connectivity index (χ0) is 23.8. The lowest BCUT2D eigenvalue weighted by Crippen LogP contribution is -2.48. The van der Waals surface area contributed by atoms with Crippen molar-refractivity contribution in [2.45, 2.75) is 59.2 Å². The van der Waals surface area contributed by atoms with Crippen molar-refractivity contribution < 1.29 is 29.0 Å². The molecular formula is C25H29ClO6. The number of ketones is 2. The number of Topliss-reactive ketones (excluding diaryl/α,β-unsaturated/α-hetero) is 2. The van der Waals surface area contributed by atoms with E-state index in [0.29, 0.717) is 22.8 Å². The maximum absolute atomic E-state index is 13.1. The summed E-state index contributed by atoms with van der Waals surface area (Å²) >= 11 is 6.41. The number of esters is 1. The largest absolute Gasteiger partial charge is 0.465 e. The fraction of sp³-hybridized carbons (Fsp3) is 0.480. The van der Waals surface area contributed by atoms with Gasteiger partial charge in [0.25, 0.3) is 0 Å². The van der Waals surface area contributed by atoms with Crippen LogP contribution in [0.15, 0.2) is 58.1 Å². The van der Waals surface area contributed by atoms with Gasteiger partial charge in [-0.1, -0.05) is 49.6 Å². The molecule has 7 heteroatoms. The predicted octanol–water partition coefficient (Wildman–Crippen LogP) is 4.30. The van der Waals surface area contributed by atoms with E-state index in [4.69, 9.17) is 21.1 Å². The molecule has 0 aromatic rings. The molecule has 32 heavy (non-hydrogen) atoms. The zero-order valence-electron chi connectivity index (χ0n) is 19.0. The molecule has 1 fully saturated rings. The quantitative estimate of drug-likeness (QED) is 0.346. The smallest absolute Gasteiger partial charge is 0.318 e. The average Bonchev–Trinajstić information content (AvgIpc) is 3.01. The summed E-state index contributed by atoms with van der Waals surface area (Å²) < 4.78 is 11.2. The third kappa shape index (κ3) is 4.39. The lowest BCUT2D eigenvalue weighted by molar-refractivity contribution is -0.156. The van der Waals surface area contributed by atoms with Crippen LogP contribution in [0.2, 0.25) is 0 Å². The second-order valence-electron chi connectivity index (χ2n) is 8.93. The summed E-state index contributed by atoms with van der Waals surface area (Å²) in [5.74, 6) is -2.97. The van der Waals surface area contributed by atoms with Gasteiger partial charge in [-0.15, -0.1) is 0 Å². The number of aliphatic hydroxyl groups excluding tert-OH is 1.